The summed E-state index contributed by atoms with van der Waals surface area (Å²) in [5.74, 6) is -0.182. The molecule has 0 saturated heterocycles. The van der Waals surface area contributed by atoms with Crippen LogP contribution in [0.3, 0.4) is 0 Å². The van der Waals surface area contributed by atoms with Crippen molar-refractivity contribution in [3.05, 3.63) is 77.1 Å². The molecular weight excluding hydrogens is 361 g/mol. The summed E-state index contributed by atoms with van der Waals surface area (Å²) in [5, 5.41) is 0. The number of fused-ring (bicyclic) bond motifs is 3. The first-order valence-electron chi connectivity index (χ1n) is 9.55. The van der Waals surface area contributed by atoms with Crippen LogP contribution in [0.25, 0.3) is 22.3 Å². The zero-order valence-electron chi connectivity index (χ0n) is 15.6. The molecule has 0 N–H and O–H groups in total. The predicted molar refractivity (Wildman–Crippen MR) is 105 cm³/mol. The fraction of sp³-hybridized carbons (Fsp3) is 0.250. The smallest absolute Gasteiger partial charge is 0.387 e. The van der Waals surface area contributed by atoms with Crippen molar-refractivity contribution >= 4 is 0 Å². The number of hydrogen-bond donors (Lipinski definition) is 0. The highest BCUT2D eigenvalue weighted by molar-refractivity contribution is 5.81. The topological polar surface area (TPSA) is 9.23 Å². The summed E-state index contributed by atoms with van der Waals surface area (Å²) in [5.41, 5.74) is 6.32. The van der Waals surface area contributed by atoms with Gasteiger partial charge in [-0.15, -0.1) is 0 Å². The number of ether oxygens (including phenoxy) is 1. The molecule has 0 bridgehead atoms. The fourth-order valence-electron chi connectivity index (χ4n) is 3.87. The number of unbranched alkanes of at least 4 members (excludes halogenated alkanes) is 1. The molecular formula is C24H21F3O. The van der Waals surface area contributed by atoms with Crippen molar-refractivity contribution in [3.63, 3.8) is 0 Å². The molecule has 4 rings (SSSR count). The monoisotopic (exact) mass is 382 g/mol. The average molecular weight is 382 g/mol. The Morgan fingerprint density at radius 3 is 2.36 bits per heavy atom. The largest absolute Gasteiger partial charge is 0.435 e. The van der Waals surface area contributed by atoms with Crippen molar-refractivity contribution in [2.45, 2.75) is 39.2 Å². The first-order valence-corrected chi connectivity index (χ1v) is 9.55. The molecule has 1 aliphatic carbocycles. The number of halogens is 3. The van der Waals surface area contributed by atoms with E-state index in [0.717, 1.165) is 30.4 Å². The molecule has 1 aliphatic rings. The van der Waals surface area contributed by atoms with Crippen LogP contribution in [0.1, 0.15) is 36.5 Å². The molecule has 0 saturated carbocycles. The summed E-state index contributed by atoms with van der Waals surface area (Å²) < 4.78 is 44.3. The number of alkyl halides is 2. The molecule has 1 nitrogen and oxygen atoms in total. The van der Waals surface area contributed by atoms with Crippen molar-refractivity contribution in [2.75, 3.05) is 0 Å². The van der Waals surface area contributed by atoms with E-state index in [1.165, 1.54) is 23.3 Å². The molecule has 0 unspecified atom stereocenters. The van der Waals surface area contributed by atoms with Gasteiger partial charge in [0.25, 0.3) is 0 Å². The molecule has 0 fully saturated rings. The number of hydrogen-bond acceptors (Lipinski definition) is 1. The molecule has 3 aromatic rings. The summed E-state index contributed by atoms with van der Waals surface area (Å²) in [6, 6.07) is 16.2. The van der Waals surface area contributed by atoms with E-state index in [4.69, 9.17) is 0 Å². The van der Waals surface area contributed by atoms with Gasteiger partial charge in [0.1, 0.15) is 11.6 Å². The Morgan fingerprint density at radius 2 is 1.64 bits per heavy atom. The molecule has 144 valence electrons. The highest BCUT2D eigenvalue weighted by Gasteiger charge is 2.24. The Kier molecular flexibility index (Phi) is 5.12. The lowest BCUT2D eigenvalue weighted by Gasteiger charge is -2.10. The summed E-state index contributed by atoms with van der Waals surface area (Å²) in [7, 11) is 0. The standard InChI is InChI=1S/C24H21F3O/c1-2-3-4-15-5-10-19-17(13-15)14-22-21(19)12-11-20(23(22)25)16-6-8-18(9-7-16)28-24(26)27/h5-13,24H,2-4,14H2,1H3. The third-order valence-corrected chi connectivity index (χ3v) is 5.28. The minimum Gasteiger partial charge on any atom is -0.435 e. The first-order chi connectivity index (χ1) is 13.6. The second kappa shape index (κ2) is 7.70. The molecule has 0 radical (unpaired) electrons. The summed E-state index contributed by atoms with van der Waals surface area (Å²) in [4.78, 5) is 0. The predicted octanol–water partition coefficient (Wildman–Crippen LogP) is 7.01. The van der Waals surface area contributed by atoms with Gasteiger partial charge in [-0.2, -0.15) is 8.78 Å². The Labute approximate surface area is 162 Å². The van der Waals surface area contributed by atoms with Crippen molar-refractivity contribution in [1.29, 1.82) is 0 Å². The van der Waals surface area contributed by atoms with Crippen molar-refractivity contribution in [2.24, 2.45) is 0 Å². The average Bonchev–Trinajstić information content (AvgIpc) is 3.06. The maximum Gasteiger partial charge on any atom is 0.387 e. The highest BCUT2D eigenvalue weighted by Crippen LogP contribution is 2.41. The van der Waals surface area contributed by atoms with Gasteiger partial charge in [-0.1, -0.05) is 55.8 Å². The van der Waals surface area contributed by atoms with Crippen LogP contribution in [0.4, 0.5) is 13.2 Å². The van der Waals surface area contributed by atoms with Gasteiger partial charge in [-0.25, -0.2) is 4.39 Å². The van der Waals surface area contributed by atoms with Gasteiger partial charge in [0.15, 0.2) is 0 Å². The minimum atomic E-state index is -2.87. The van der Waals surface area contributed by atoms with Crippen molar-refractivity contribution < 1.29 is 17.9 Å². The van der Waals surface area contributed by atoms with Gasteiger partial charge in [0, 0.05) is 17.5 Å². The van der Waals surface area contributed by atoms with E-state index in [0.29, 0.717) is 23.1 Å². The fourth-order valence-corrected chi connectivity index (χ4v) is 3.87. The normalized spacial score (nSPS) is 12.2. The zero-order chi connectivity index (χ0) is 19.7. The van der Waals surface area contributed by atoms with Crippen LogP contribution in [-0.4, -0.2) is 6.61 Å². The number of benzene rings is 3. The Balaban J connectivity index is 1.64. The van der Waals surface area contributed by atoms with Crippen LogP contribution in [0, 0.1) is 5.82 Å². The van der Waals surface area contributed by atoms with E-state index >= 15 is 4.39 Å². The lowest BCUT2D eigenvalue weighted by atomic mass is 9.98. The van der Waals surface area contributed by atoms with Crippen molar-refractivity contribution in [1.82, 2.24) is 0 Å². The molecule has 3 aromatic carbocycles. The lowest BCUT2D eigenvalue weighted by molar-refractivity contribution is -0.0498. The third-order valence-electron chi connectivity index (χ3n) is 5.28. The molecule has 0 amide bonds. The molecule has 0 aromatic heterocycles. The van der Waals surface area contributed by atoms with E-state index in [1.807, 2.05) is 6.07 Å². The van der Waals surface area contributed by atoms with Crippen LogP contribution in [0.15, 0.2) is 54.6 Å². The number of rotatable bonds is 6. The minimum absolute atomic E-state index is 0.0623. The van der Waals surface area contributed by atoms with E-state index in [9.17, 15) is 8.78 Å². The highest BCUT2D eigenvalue weighted by atomic mass is 19.3. The quantitative estimate of drug-likeness (QED) is 0.349. The van der Waals surface area contributed by atoms with Crippen LogP contribution in [0.5, 0.6) is 5.75 Å². The van der Waals surface area contributed by atoms with Crippen LogP contribution in [0.2, 0.25) is 0 Å². The van der Waals surface area contributed by atoms with Gasteiger partial charge in [-0.05, 0) is 52.8 Å². The Bertz CT molecular complexity index is 993. The summed E-state index contributed by atoms with van der Waals surface area (Å²) >= 11 is 0. The summed E-state index contributed by atoms with van der Waals surface area (Å²) in [6.45, 7) is -0.699. The second-order valence-corrected chi connectivity index (χ2v) is 7.13. The van der Waals surface area contributed by atoms with Gasteiger partial charge in [0.05, 0.1) is 0 Å². The van der Waals surface area contributed by atoms with Crippen LogP contribution >= 0.6 is 0 Å². The van der Waals surface area contributed by atoms with Crippen LogP contribution in [-0.2, 0) is 12.8 Å². The second-order valence-electron chi connectivity index (χ2n) is 7.13. The maximum atomic E-state index is 15.3. The van der Waals surface area contributed by atoms with Gasteiger partial charge in [0.2, 0.25) is 0 Å². The van der Waals surface area contributed by atoms with E-state index in [-0.39, 0.29) is 11.6 Å². The van der Waals surface area contributed by atoms with E-state index in [2.05, 4.69) is 29.9 Å². The van der Waals surface area contributed by atoms with Gasteiger partial charge >= 0.3 is 6.61 Å². The Morgan fingerprint density at radius 1 is 0.929 bits per heavy atom. The van der Waals surface area contributed by atoms with E-state index < -0.39 is 6.61 Å². The van der Waals surface area contributed by atoms with Gasteiger partial charge in [-0.3, -0.25) is 0 Å². The molecule has 0 aliphatic heterocycles. The van der Waals surface area contributed by atoms with E-state index in [1.54, 1.807) is 18.2 Å². The zero-order valence-corrected chi connectivity index (χ0v) is 15.6. The Hall–Kier alpha value is -2.75. The SMILES string of the molecule is CCCCc1ccc2c(c1)Cc1c-2ccc(-c2ccc(OC(F)F)cc2)c1F. The lowest BCUT2D eigenvalue weighted by Crippen LogP contribution is -2.01. The van der Waals surface area contributed by atoms with Crippen molar-refractivity contribution in [3.8, 4) is 28.0 Å². The molecule has 0 atom stereocenters. The molecule has 0 heterocycles. The molecule has 4 heteroatoms. The van der Waals surface area contributed by atoms with Crippen LogP contribution < -0.4 is 4.74 Å². The number of aryl methyl sites for hydroxylation is 1. The first kappa shape index (κ1) is 18.6. The third kappa shape index (κ3) is 3.51. The molecule has 28 heavy (non-hydrogen) atoms. The van der Waals surface area contributed by atoms with Gasteiger partial charge < -0.3 is 4.74 Å². The maximum absolute atomic E-state index is 15.3. The molecule has 0 spiro atoms. The summed E-state index contributed by atoms with van der Waals surface area (Å²) in [6.07, 6.45) is 3.92.